The van der Waals surface area contributed by atoms with Gasteiger partial charge >= 0.3 is 0 Å². The van der Waals surface area contributed by atoms with Gasteiger partial charge in [0.2, 0.25) is 0 Å². The summed E-state index contributed by atoms with van der Waals surface area (Å²) in [5.74, 6) is -0.116. The van der Waals surface area contributed by atoms with Gasteiger partial charge in [-0.25, -0.2) is 0 Å². The van der Waals surface area contributed by atoms with E-state index in [1.165, 1.54) is 0 Å². The van der Waals surface area contributed by atoms with Crippen LogP contribution in [0.3, 0.4) is 0 Å². The van der Waals surface area contributed by atoms with Crippen LogP contribution in [-0.2, 0) is 14.0 Å². The van der Waals surface area contributed by atoms with Crippen molar-refractivity contribution in [3.05, 3.63) is 11.6 Å². The lowest BCUT2D eigenvalue weighted by atomic mass is 9.68. The number of carbonyl (C=O) groups excluding carboxylic acids is 2. The largest absolute Gasteiger partial charge is 0.412 e. The molecule has 0 saturated carbocycles. The predicted octanol–water partition coefficient (Wildman–Crippen LogP) is 4.14. The molecule has 0 N–H and O–H groups in total. The third-order valence-electron chi connectivity index (χ3n) is 5.18. The molecule has 1 aliphatic carbocycles. The molecule has 0 aromatic rings. The molecule has 0 radical (unpaired) electrons. The highest BCUT2D eigenvalue weighted by molar-refractivity contribution is 6.74. The topological polar surface area (TPSA) is 43.4 Å². The smallest absolute Gasteiger partial charge is 0.192 e. The zero-order valence-corrected chi connectivity index (χ0v) is 15.6. The minimum Gasteiger partial charge on any atom is -0.412 e. The van der Waals surface area contributed by atoms with Crippen molar-refractivity contribution in [3.8, 4) is 0 Å². The average molecular weight is 311 g/mol. The second-order valence-corrected chi connectivity index (χ2v) is 13.1. The minimum atomic E-state index is -1.86. The van der Waals surface area contributed by atoms with E-state index in [4.69, 9.17) is 4.43 Å². The van der Waals surface area contributed by atoms with Gasteiger partial charge in [0.05, 0.1) is 6.61 Å². The van der Waals surface area contributed by atoms with E-state index in [1.807, 2.05) is 6.08 Å². The molecule has 21 heavy (non-hydrogen) atoms. The van der Waals surface area contributed by atoms with Crippen molar-refractivity contribution in [2.24, 2.45) is 11.3 Å². The summed E-state index contributed by atoms with van der Waals surface area (Å²) >= 11 is 0. The Kier molecular flexibility index (Phi) is 5.38. The second-order valence-electron chi connectivity index (χ2n) is 8.29. The van der Waals surface area contributed by atoms with Crippen molar-refractivity contribution in [2.45, 2.75) is 65.6 Å². The molecule has 0 fully saturated rings. The van der Waals surface area contributed by atoms with Crippen LogP contribution in [0.1, 0.15) is 47.5 Å². The van der Waals surface area contributed by atoms with Crippen LogP contribution < -0.4 is 0 Å². The average Bonchev–Trinajstić information content (AvgIpc) is 2.32. The fraction of sp³-hybridized carbons (Fsp3) is 0.765. The Labute approximate surface area is 130 Å². The molecule has 3 nitrogen and oxygen atoms in total. The van der Waals surface area contributed by atoms with E-state index in [-0.39, 0.29) is 22.2 Å². The van der Waals surface area contributed by atoms with Crippen molar-refractivity contribution in [2.75, 3.05) is 6.61 Å². The summed E-state index contributed by atoms with van der Waals surface area (Å²) in [6.45, 7) is 15.4. The number of ketones is 1. The number of allylic oxidation sites excluding steroid dienone is 1. The molecule has 0 bridgehead atoms. The number of carbonyl (C=O) groups is 2. The molecule has 1 rings (SSSR count). The molecular weight excluding hydrogens is 280 g/mol. The Morgan fingerprint density at radius 1 is 1.38 bits per heavy atom. The van der Waals surface area contributed by atoms with E-state index in [2.05, 4.69) is 47.7 Å². The highest BCUT2D eigenvalue weighted by Gasteiger charge is 2.41. The van der Waals surface area contributed by atoms with E-state index < -0.39 is 8.32 Å². The van der Waals surface area contributed by atoms with Gasteiger partial charge in [0.15, 0.2) is 14.1 Å². The van der Waals surface area contributed by atoms with E-state index >= 15 is 0 Å². The lowest BCUT2D eigenvalue weighted by molar-refractivity contribution is -0.126. The number of rotatable bonds is 5. The van der Waals surface area contributed by atoms with Gasteiger partial charge in [0.1, 0.15) is 6.29 Å². The van der Waals surface area contributed by atoms with E-state index in [1.54, 1.807) is 0 Å². The number of hydrogen-bond acceptors (Lipinski definition) is 3. The van der Waals surface area contributed by atoms with Crippen LogP contribution >= 0.6 is 0 Å². The molecule has 0 spiro atoms. The van der Waals surface area contributed by atoms with E-state index in [0.29, 0.717) is 13.0 Å². The first-order valence-corrected chi connectivity index (χ1v) is 10.6. The first-order chi connectivity index (χ1) is 9.42. The van der Waals surface area contributed by atoms with Gasteiger partial charge in [0, 0.05) is 17.9 Å². The maximum Gasteiger partial charge on any atom is 0.192 e. The Bertz CT molecular complexity index is 441. The minimum absolute atomic E-state index is 0.0945. The van der Waals surface area contributed by atoms with Crippen LogP contribution in [0.5, 0.6) is 0 Å². The van der Waals surface area contributed by atoms with Crippen molar-refractivity contribution < 1.29 is 14.0 Å². The van der Waals surface area contributed by atoms with Crippen LogP contribution in [0, 0.1) is 11.3 Å². The fourth-order valence-electron chi connectivity index (χ4n) is 2.33. The third kappa shape index (κ3) is 4.13. The summed E-state index contributed by atoms with van der Waals surface area (Å²) in [4.78, 5) is 23.5. The molecule has 120 valence electrons. The number of hydrogen-bond donors (Lipinski definition) is 0. The van der Waals surface area contributed by atoms with Gasteiger partial charge in [-0.15, -0.1) is 0 Å². The summed E-state index contributed by atoms with van der Waals surface area (Å²) in [5.41, 5.74) is 0.615. The Morgan fingerprint density at radius 2 is 1.95 bits per heavy atom. The maximum atomic E-state index is 12.6. The molecule has 4 heteroatoms. The standard InChI is InChI=1S/C17H30O3Si/c1-16(2,3)21(6,7)20-12-13-8-10-17(4,5)14(9-11-18)15(13)19/h8,11,14H,9-10,12H2,1-7H3/t14-/m0/s1. The molecule has 0 amide bonds. The zero-order valence-electron chi connectivity index (χ0n) is 14.6. The Morgan fingerprint density at radius 3 is 2.43 bits per heavy atom. The Hall–Kier alpha value is -0.743. The number of aldehydes is 1. The summed E-state index contributed by atoms with van der Waals surface area (Å²) in [6.07, 6.45) is 4.01. The van der Waals surface area contributed by atoms with Gasteiger partial charge in [-0.1, -0.05) is 40.7 Å². The molecule has 0 aliphatic heterocycles. The number of Topliss-reactive ketones (excluding diaryl/α,β-unsaturated/α-hetero) is 1. The predicted molar refractivity (Wildman–Crippen MR) is 88.8 cm³/mol. The molecule has 0 heterocycles. The van der Waals surface area contributed by atoms with Crippen LogP contribution in [0.4, 0.5) is 0 Å². The normalized spacial score (nSPS) is 22.9. The second kappa shape index (κ2) is 6.17. The van der Waals surface area contributed by atoms with Gasteiger partial charge in [-0.3, -0.25) is 4.79 Å². The molecule has 1 atom stereocenters. The van der Waals surface area contributed by atoms with Crippen LogP contribution in [0.25, 0.3) is 0 Å². The first-order valence-electron chi connectivity index (χ1n) is 7.73. The highest BCUT2D eigenvalue weighted by atomic mass is 28.4. The van der Waals surface area contributed by atoms with Crippen LogP contribution in [0.15, 0.2) is 11.6 Å². The summed E-state index contributed by atoms with van der Waals surface area (Å²) in [7, 11) is -1.86. The lowest BCUT2D eigenvalue weighted by Gasteiger charge is -2.39. The molecule has 0 saturated heterocycles. The summed E-state index contributed by atoms with van der Waals surface area (Å²) in [5, 5.41) is 0.132. The SMILES string of the molecule is CC1(C)CC=C(CO[Si](C)(C)C(C)(C)C)C(=O)[C@@H]1CC=O. The lowest BCUT2D eigenvalue weighted by Crippen LogP contribution is -2.43. The maximum absolute atomic E-state index is 12.6. The monoisotopic (exact) mass is 310 g/mol. The quantitative estimate of drug-likeness (QED) is 0.566. The van der Waals surface area contributed by atoms with Crippen LogP contribution in [0.2, 0.25) is 18.1 Å². The zero-order chi connectivity index (χ0) is 16.5. The van der Waals surface area contributed by atoms with E-state index in [9.17, 15) is 9.59 Å². The van der Waals surface area contributed by atoms with Crippen LogP contribution in [-0.4, -0.2) is 27.0 Å². The van der Waals surface area contributed by atoms with Crippen molar-refractivity contribution in [1.82, 2.24) is 0 Å². The van der Waals surface area contributed by atoms with E-state index in [0.717, 1.165) is 18.3 Å². The Balaban J connectivity index is 2.84. The van der Waals surface area contributed by atoms with Gasteiger partial charge in [0.25, 0.3) is 0 Å². The molecule has 1 aliphatic rings. The highest BCUT2D eigenvalue weighted by Crippen LogP contribution is 2.41. The molecule has 0 aromatic heterocycles. The summed E-state index contributed by atoms with van der Waals surface area (Å²) < 4.78 is 6.16. The molecule has 0 aromatic carbocycles. The summed E-state index contributed by atoms with van der Waals surface area (Å²) in [6, 6.07) is 0. The van der Waals surface area contributed by atoms with Crippen molar-refractivity contribution in [3.63, 3.8) is 0 Å². The molecule has 0 unspecified atom stereocenters. The van der Waals surface area contributed by atoms with Gasteiger partial charge < -0.3 is 9.22 Å². The first kappa shape index (κ1) is 18.3. The van der Waals surface area contributed by atoms with Gasteiger partial charge in [-0.2, -0.15) is 0 Å². The third-order valence-corrected chi connectivity index (χ3v) is 9.66. The fourth-order valence-corrected chi connectivity index (χ4v) is 3.28. The van der Waals surface area contributed by atoms with Crippen molar-refractivity contribution in [1.29, 1.82) is 0 Å². The van der Waals surface area contributed by atoms with Gasteiger partial charge in [-0.05, 0) is 30.0 Å². The van der Waals surface area contributed by atoms with Crippen molar-refractivity contribution >= 4 is 20.4 Å². The molecular formula is C17H30O3Si.